The lowest BCUT2D eigenvalue weighted by Gasteiger charge is -2.26. The molecule has 0 amide bonds. The Balaban J connectivity index is 2.45. The van der Waals surface area contributed by atoms with Crippen molar-refractivity contribution in [3.05, 3.63) is 45.9 Å². The molecule has 0 aromatic heterocycles. The molecule has 0 aliphatic carbocycles. The Morgan fingerprint density at radius 1 is 1.47 bits per heavy atom. The van der Waals surface area contributed by atoms with Gasteiger partial charge in [-0.1, -0.05) is 20.4 Å². The van der Waals surface area contributed by atoms with E-state index >= 15 is 0 Å². The van der Waals surface area contributed by atoms with Crippen molar-refractivity contribution in [3.63, 3.8) is 0 Å². The molecule has 1 aromatic carbocycles. The van der Waals surface area contributed by atoms with Crippen LogP contribution < -0.4 is 4.90 Å². The number of anilines is 1. The van der Waals surface area contributed by atoms with Crippen molar-refractivity contribution < 1.29 is 9.31 Å². The van der Waals surface area contributed by atoms with Gasteiger partial charge in [0.2, 0.25) is 5.82 Å². The van der Waals surface area contributed by atoms with Gasteiger partial charge in [0.05, 0.1) is 4.92 Å². The minimum absolute atomic E-state index is 0.0231. The maximum atomic E-state index is 13.8. The van der Waals surface area contributed by atoms with Gasteiger partial charge >= 0.3 is 5.69 Å². The van der Waals surface area contributed by atoms with Crippen molar-refractivity contribution in [1.82, 2.24) is 0 Å². The Bertz CT molecular complexity index is 567. The highest BCUT2D eigenvalue weighted by molar-refractivity contribution is 5.62. The van der Waals surface area contributed by atoms with Crippen LogP contribution in [0.2, 0.25) is 0 Å². The molecule has 5 heteroatoms. The summed E-state index contributed by atoms with van der Waals surface area (Å²) in [4.78, 5) is 12.0. The van der Waals surface area contributed by atoms with Crippen molar-refractivity contribution in [3.8, 4) is 0 Å². The molecule has 2 rings (SSSR count). The van der Waals surface area contributed by atoms with E-state index < -0.39 is 16.4 Å². The Hall–Kier alpha value is -1.91. The molecule has 0 saturated carbocycles. The first-order valence-corrected chi connectivity index (χ1v) is 6.15. The second kappa shape index (κ2) is 4.33. The van der Waals surface area contributed by atoms with Gasteiger partial charge in [-0.15, -0.1) is 0 Å². The molecule has 4 nitrogen and oxygen atoms in total. The maximum Gasteiger partial charge on any atom is 0.305 e. The van der Waals surface area contributed by atoms with Gasteiger partial charge in [0, 0.05) is 35.5 Å². The fourth-order valence-electron chi connectivity index (χ4n) is 2.39. The van der Waals surface area contributed by atoms with Gasteiger partial charge in [-0.3, -0.25) is 10.1 Å². The predicted molar refractivity (Wildman–Crippen MR) is 72.7 cm³/mol. The van der Waals surface area contributed by atoms with Crippen LogP contribution >= 0.6 is 0 Å². The van der Waals surface area contributed by atoms with E-state index in [2.05, 4.69) is 20.4 Å². The number of nitro groups is 1. The third-order valence-electron chi connectivity index (χ3n) is 3.82. The number of hydrogen-bond donors (Lipinski definition) is 0. The van der Waals surface area contributed by atoms with E-state index in [9.17, 15) is 14.5 Å². The average Bonchev–Trinajstić information content (AvgIpc) is 2.57. The van der Waals surface area contributed by atoms with E-state index in [1.807, 2.05) is 4.90 Å². The minimum atomic E-state index is -0.803. The summed E-state index contributed by atoms with van der Waals surface area (Å²) in [6, 6.07) is 2.52. The third kappa shape index (κ3) is 2.20. The van der Waals surface area contributed by atoms with E-state index in [4.69, 9.17) is 0 Å². The lowest BCUT2D eigenvalue weighted by atomic mass is 9.90. The fourth-order valence-corrected chi connectivity index (χ4v) is 2.39. The molecule has 19 heavy (non-hydrogen) atoms. The molecule has 0 unspecified atom stereocenters. The summed E-state index contributed by atoms with van der Waals surface area (Å²) >= 11 is 0. The van der Waals surface area contributed by atoms with Gasteiger partial charge < -0.3 is 4.90 Å². The number of allylic oxidation sites excluding steroid dienone is 1. The van der Waals surface area contributed by atoms with Crippen LogP contribution in [-0.2, 0) is 0 Å². The molecule has 102 valence electrons. The first-order chi connectivity index (χ1) is 8.74. The van der Waals surface area contributed by atoms with Crippen LogP contribution in [0.25, 0.3) is 0 Å². The highest BCUT2D eigenvalue weighted by Gasteiger charge is 2.35. The van der Waals surface area contributed by atoms with Gasteiger partial charge in [-0.2, -0.15) is 4.39 Å². The molecule has 0 N–H and O–H groups in total. The van der Waals surface area contributed by atoms with Gasteiger partial charge in [0.15, 0.2) is 0 Å². The van der Waals surface area contributed by atoms with E-state index in [1.165, 1.54) is 12.1 Å². The number of hydrogen-bond acceptors (Lipinski definition) is 3. The van der Waals surface area contributed by atoms with Crippen LogP contribution in [0.15, 0.2) is 24.4 Å². The van der Waals surface area contributed by atoms with Crippen LogP contribution in [0.3, 0.4) is 0 Å². The van der Waals surface area contributed by atoms with Crippen LogP contribution in [-0.4, -0.2) is 11.5 Å². The number of nitro benzene ring substituents is 1. The SMILES string of the molecule is C=C1N(c2cc(F)c([N+](=O)[O-])cc2C)CCC1(C)C. The Kier molecular flexibility index (Phi) is 3.08. The Labute approximate surface area is 111 Å². The summed E-state index contributed by atoms with van der Waals surface area (Å²) in [6.07, 6.45) is 0.934. The van der Waals surface area contributed by atoms with E-state index in [0.717, 1.165) is 18.7 Å². The van der Waals surface area contributed by atoms with Crippen molar-refractivity contribution in [1.29, 1.82) is 0 Å². The monoisotopic (exact) mass is 264 g/mol. The summed E-state index contributed by atoms with van der Waals surface area (Å²) < 4.78 is 13.8. The lowest BCUT2D eigenvalue weighted by molar-refractivity contribution is -0.387. The summed E-state index contributed by atoms with van der Waals surface area (Å²) in [6.45, 7) is 10.7. The molecule has 1 fully saturated rings. The van der Waals surface area contributed by atoms with Crippen molar-refractivity contribution in [2.24, 2.45) is 5.41 Å². The molecule has 0 spiro atoms. The second-order valence-corrected chi connectivity index (χ2v) is 5.58. The number of benzene rings is 1. The van der Waals surface area contributed by atoms with Crippen LogP contribution in [0.5, 0.6) is 0 Å². The number of rotatable bonds is 2. The molecule has 0 atom stereocenters. The summed E-state index contributed by atoms with van der Waals surface area (Å²) in [7, 11) is 0. The first kappa shape index (κ1) is 13.5. The van der Waals surface area contributed by atoms with Crippen LogP contribution in [0, 0.1) is 28.3 Å². The molecule has 1 aromatic rings. The predicted octanol–water partition coefficient (Wildman–Crippen LogP) is 3.79. The van der Waals surface area contributed by atoms with Crippen LogP contribution in [0.1, 0.15) is 25.8 Å². The summed E-state index contributed by atoms with van der Waals surface area (Å²) in [5.41, 5.74) is 1.77. The van der Waals surface area contributed by atoms with Gasteiger partial charge in [0.1, 0.15) is 0 Å². The molecule has 0 bridgehead atoms. The molecule has 1 heterocycles. The summed E-state index contributed by atoms with van der Waals surface area (Å²) in [5.74, 6) is -0.803. The van der Waals surface area contributed by atoms with Gasteiger partial charge in [-0.05, 0) is 18.9 Å². The second-order valence-electron chi connectivity index (χ2n) is 5.58. The van der Waals surface area contributed by atoms with Crippen molar-refractivity contribution in [2.75, 3.05) is 11.4 Å². The first-order valence-electron chi connectivity index (χ1n) is 6.15. The Morgan fingerprint density at radius 2 is 2.11 bits per heavy atom. The Morgan fingerprint density at radius 3 is 2.58 bits per heavy atom. The summed E-state index contributed by atoms with van der Waals surface area (Å²) in [5, 5.41) is 10.7. The van der Waals surface area contributed by atoms with E-state index in [1.54, 1.807) is 6.92 Å². The van der Waals surface area contributed by atoms with Crippen molar-refractivity contribution in [2.45, 2.75) is 27.2 Å². The largest absolute Gasteiger partial charge is 0.345 e. The normalized spacial score (nSPS) is 17.9. The van der Waals surface area contributed by atoms with Gasteiger partial charge in [0.25, 0.3) is 0 Å². The van der Waals surface area contributed by atoms with Crippen LogP contribution in [0.4, 0.5) is 15.8 Å². The lowest BCUT2D eigenvalue weighted by Crippen LogP contribution is -2.20. The highest BCUT2D eigenvalue weighted by atomic mass is 19.1. The minimum Gasteiger partial charge on any atom is -0.345 e. The quantitative estimate of drug-likeness (QED) is 0.603. The number of nitrogens with zero attached hydrogens (tertiary/aromatic N) is 2. The zero-order valence-corrected chi connectivity index (χ0v) is 11.4. The zero-order chi connectivity index (χ0) is 14.4. The molecule has 1 aliphatic heterocycles. The highest BCUT2D eigenvalue weighted by Crippen LogP contribution is 2.42. The molecular weight excluding hydrogens is 247 g/mol. The third-order valence-corrected chi connectivity index (χ3v) is 3.82. The standard InChI is InChI=1S/C14H17FN2O2/c1-9-7-13(17(18)19)11(15)8-12(9)16-6-5-14(3,4)10(16)2/h7-8H,2,5-6H2,1,3-4H3. The smallest absolute Gasteiger partial charge is 0.305 e. The average molecular weight is 264 g/mol. The van der Waals surface area contributed by atoms with E-state index in [0.29, 0.717) is 11.3 Å². The topological polar surface area (TPSA) is 46.4 Å². The van der Waals surface area contributed by atoms with Crippen molar-refractivity contribution >= 4 is 11.4 Å². The number of halogens is 1. The molecule has 1 saturated heterocycles. The molecule has 1 aliphatic rings. The molecular formula is C14H17FN2O2. The number of aryl methyl sites for hydroxylation is 1. The fraction of sp³-hybridized carbons (Fsp3) is 0.429. The molecule has 0 radical (unpaired) electrons. The maximum absolute atomic E-state index is 13.8. The van der Waals surface area contributed by atoms with E-state index in [-0.39, 0.29) is 5.41 Å². The zero-order valence-electron chi connectivity index (χ0n) is 11.4. The van der Waals surface area contributed by atoms with Gasteiger partial charge in [-0.25, -0.2) is 0 Å².